The van der Waals surface area contributed by atoms with Gasteiger partial charge >= 0.3 is 0 Å². The minimum absolute atomic E-state index is 0.0154. The zero-order valence-electron chi connectivity index (χ0n) is 13.8. The van der Waals surface area contributed by atoms with E-state index in [1.807, 2.05) is 47.7 Å². The highest BCUT2D eigenvalue weighted by Crippen LogP contribution is 2.26. The molecule has 23 heavy (non-hydrogen) atoms. The lowest BCUT2D eigenvalue weighted by Crippen LogP contribution is -2.41. The van der Waals surface area contributed by atoms with Crippen LogP contribution in [0.4, 0.5) is 0 Å². The summed E-state index contributed by atoms with van der Waals surface area (Å²) in [5.41, 5.74) is 0.613. The first-order valence-electron chi connectivity index (χ1n) is 7.92. The van der Waals surface area contributed by atoms with Gasteiger partial charge in [0, 0.05) is 13.1 Å². The van der Waals surface area contributed by atoms with Crippen molar-refractivity contribution in [2.45, 2.75) is 32.7 Å². The van der Waals surface area contributed by atoms with Gasteiger partial charge in [0.25, 0.3) is 5.91 Å². The van der Waals surface area contributed by atoms with Crippen molar-refractivity contribution in [1.29, 1.82) is 0 Å². The summed E-state index contributed by atoms with van der Waals surface area (Å²) in [6, 6.07) is 7.55. The molecule has 1 atom stereocenters. The average molecular weight is 314 g/mol. The number of methoxy groups -OCH3 is 1. The van der Waals surface area contributed by atoms with E-state index in [1.54, 1.807) is 7.11 Å². The molecule has 0 N–H and O–H groups in total. The SMILES string of the molecule is COc1ccccc1C(=O)N1CCCC(n2nc(C)nc2C)C1. The molecule has 6 heteroatoms. The van der Waals surface area contributed by atoms with E-state index in [0.29, 0.717) is 17.9 Å². The van der Waals surface area contributed by atoms with Gasteiger partial charge in [-0.15, -0.1) is 0 Å². The quantitative estimate of drug-likeness (QED) is 0.873. The summed E-state index contributed by atoms with van der Waals surface area (Å²) in [6.07, 6.45) is 1.98. The fourth-order valence-corrected chi connectivity index (χ4v) is 3.21. The maximum Gasteiger partial charge on any atom is 0.257 e. The molecular weight excluding hydrogens is 292 g/mol. The number of aromatic nitrogens is 3. The van der Waals surface area contributed by atoms with Crippen LogP contribution in [0.25, 0.3) is 0 Å². The van der Waals surface area contributed by atoms with E-state index in [0.717, 1.165) is 31.0 Å². The Morgan fingerprint density at radius 2 is 2.09 bits per heavy atom. The van der Waals surface area contributed by atoms with E-state index in [-0.39, 0.29) is 11.9 Å². The standard InChI is InChI=1S/C17H22N4O2/c1-12-18-13(2)21(19-12)14-7-6-10-20(11-14)17(22)15-8-4-5-9-16(15)23-3/h4-5,8-9,14H,6-7,10-11H2,1-3H3. The van der Waals surface area contributed by atoms with Crippen LogP contribution >= 0.6 is 0 Å². The normalized spacial score (nSPS) is 18.0. The van der Waals surface area contributed by atoms with Gasteiger partial charge in [-0.25, -0.2) is 9.67 Å². The lowest BCUT2D eigenvalue weighted by molar-refractivity contribution is 0.0668. The summed E-state index contributed by atoms with van der Waals surface area (Å²) in [5, 5.41) is 4.48. The second-order valence-corrected chi connectivity index (χ2v) is 5.90. The molecule has 1 aromatic heterocycles. The molecule has 2 aromatic rings. The molecule has 122 valence electrons. The van der Waals surface area contributed by atoms with Crippen LogP contribution in [0.3, 0.4) is 0 Å². The third-order valence-electron chi connectivity index (χ3n) is 4.27. The van der Waals surface area contributed by atoms with Crippen molar-refractivity contribution < 1.29 is 9.53 Å². The summed E-state index contributed by atoms with van der Waals surface area (Å²) in [5.74, 6) is 2.31. The molecule has 1 unspecified atom stereocenters. The minimum Gasteiger partial charge on any atom is -0.496 e. The molecule has 1 amide bonds. The molecule has 1 saturated heterocycles. The number of likely N-dealkylation sites (tertiary alicyclic amines) is 1. The van der Waals surface area contributed by atoms with Gasteiger partial charge in [-0.05, 0) is 38.8 Å². The first-order chi connectivity index (χ1) is 11.1. The molecule has 1 aliphatic rings. The predicted octanol–water partition coefficient (Wildman–Crippen LogP) is 2.38. The van der Waals surface area contributed by atoms with E-state index in [1.165, 1.54) is 0 Å². The summed E-state index contributed by atoms with van der Waals surface area (Å²) in [7, 11) is 1.59. The molecule has 0 spiro atoms. The maximum atomic E-state index is 12.8. The Morgan fingerprint density at radius 1 is 1.30 bits per heavy atom. The van der Waals surface area contributed by atoms with E-state index in [4.69, 9.17) is 4.74 Å². The Morgan fingerprint density at radius 3 is 2.78 bits per heavy atom. The molecule has 0 aliphatic carbocycles. The van der Waals surface area contributed by atoms with Crippen molar-refractivity contribution in [3.63, 3.8) is 0 Å². The lowest BCUT2D eigenvalue weighted by Gasteiger charge is -2.33. The van der Waals surface area contributed by atoms with Crippen molar-refractivity contribution in [2.24, 2.45) is 0 Å². The lowest BCUT2D eigenvalue weighted by atomic mass is 10.0. The van der Waals surface area contributed by atoms with Gasteiger partial charge in [-0.3, -0.25) is 4.79 Å². The van der Waals surface area contributed by atoms with Crippen molar-refractivity contribution in [3.8, 4) is 5.75 Å². The first-order valence-corrected chi connectivity index (χ1v) is 7.92. The van der Waals surface area contributed by atoms with Crippen molar-refractivity contribution in [3.05, 3.63) is 41.5 Å². The number of rotatable bonds is 3. The van der Waals surface area contributed by atoms with Gasteiger partial charge < -0.3 is 9.64 Å². The number of carbonyl (C=O) groups excluding carboxylic acids is 1. The molecule has 0 bridgehead atoms. The van der Waals surface area contributed by atoms with Gasteiger partial charge in [0.15, 0.2) is 0 Å². The number of carbonyl (C=O) groups is 1. The third kappa shape index (κ3) is 3.06. The van der Waals surface area contributed by atoms with Crippen LogP contribution in [0.2, 0.25) is 0 Å². The maximum absolute atomic E-state index is 12.8. The number of hydrogen-bond acceptors (Lipinski definition) is 4. The Bertz CT molecular complexity index is 710. The second kappa shape index (κ2) is 6.40. The number of ether oxygens (including phenoxy) is 1. The van der Waals surface area contributed by atoms with Crippen LogP contribution < -0.4 is 4.74 Å². The topological polar surface area (TPSA) is 60.2 Å². The van der Waals surface area contributed by atoms with Crippen molar-refractivity contribution in [1.82, 2.24) is 19.7 Å². The van der Waals surface area contributed by atoms with Crippen LogP contribution in [-0.2, 0) is 0 Å². The highest BCUT2D eigenvalue weighted by atomic mass is 16.5. The Kier molecular flexibility index (Phi) is 4.32. The molecule has 2 heterocycles. The van der Waals surface area contributed by atoms with E-state index in [9.17, 15) is 4.79 Å². The fraction of sp³-hybridized carbons (Fsp3) is 0.471. The van der Waals surface area contributed by atoms with E-state index < -0.39 is 0 Å². The van der Waals surface area contributed by atoms with Gasteiger partial charge in [0.1, 0.15) is 17.4 Å². The summed E-state index contributed by atoms with van der Waals surface area (Å²) in [6.45, 7) is 5.27. The molecule has 0 radical (unpaired) electrons. The third-order valence-corrected chi connectivity index (χ3v) is 4.27. The molecule has 0 saturated carbocycles. The highest BCUT2D eigenvalue weighted by Gasteiger charge is 2.28. The number of para-hydroxylation sites is 1. The van der Waals surface area contributed by atoms with Gasteiger partial charge in [0.05, 0.1) is 18.7 Å². The zero-order valence-corrected chi connectivity index (χ0v) is 13.8. The largest absolute Gasteiger partial charge is 0.496 e. The molecule has 1 aromatic carbocycles. The number of piperidine rings is 1. The molecule has 3 rings (SSSR count). The molecule has 1 fully saturated rings. The number of benzene rings is 1. The van der Waals surface area contributed by atoms with Gasteiger partial charge in [-0.2, -0.15) is 5.10 Å². The molecule has 1 aliphatic heterocycles. The minimum atomic E-state index is 0.0154. The number of hydrogen-bond donors (Lipinski definition) is 0. The van der Waals surface area contributed by atoms with E-state index in [2.05, 4.69) is 10.1 Å². The van der Waals surface area contributed by atoms with Crippen LogP contribution in [0.15, 0.2) is 24.3 Å². The zero-order chi connectivity index (χ0) is 16.4. The highest BCUT2D eigenvalue weighted by molar-refractivity contribution is 5.97. The number of nitrogens with zero attached hydrogens (tertiary/aromatic N) is 4. The van der Waals surface area contributed by atoms with E-state index >= 15 is 0 Å². The monoisotopic (exact) mass is 314 g/mol. The van der Waals surface area contributed by atoms with Crippen LogP contribution in [0.1, 0.15) is 40.9 Å². The van der Waals surface area contributed by atoms with Crippen LogP contribution in [0.5, 0.6) is 5.75 Å². The fourth-order valence-electron chi connectivity index (χ4n) is 3.21. The average Bonchev–Trinajstić information content (AvgIpc) is 2.92. The Hall–Kier alpha value is -2.37. The summed E-state index contributed by atoms with van der Waals surface area (Å²) in [4.78, 5) is 19.1. The Labute approximate surface area is 136 Å². The van der Waals surface area contributed by atoms with Gasteiger partial charge in [0.2, 0.25) is 0 Å². The second-order valence-electron chi connectivity index (χ2n) is 5.90. The van der Waals surface area contributed by atoms with Crippen LogP contribution in [0, 0.1) is 13.8 Å². The molecule has 6 nitrogen and oxygen atoms in total. The van der Waals surface area contributed by atoms with Crippen molar-refractivity contribution >= 4 is 5.91 Å². The Balaban J connectivity index is 1.81. The van der Waals surface area contributed by atoms with Crippen molar-refractivity contribution in [2.75, 3.05) is 20.2 Å². The summed E-state index contributed by atoms with van der Waals surface area (Å²) >= 11 is 0. The number of aryl methyl sites for hydroxylation is 2. The van der Waals surface area contributed by atoms with Gasteiger partial charge in [-0.1, -0.05) is 12.1 Å². The smallest absolute Gasteiger partial charge is 0.257 e. The summed E-state index contributed by atoms with van der Waals surface area (Å²) < 4.78 is 7.27. The first kappa shape index (κ1) is 15.5. The number of amides is 1. The van der Waals surface area contributed by atoms with Crippen LogP contribution in [-0.4, -0.2) is 45.8 Å². The molecular formula is C17H22N4O2. The predicted molar refractivity (Wildman–Crippen MR) is 86.7 cm³/mol.